The minimum absolute atomic E-state index is 0.0718. The summed E-state index contributed by atoms with van der Waals surface area (Å²) in [6.07, 6.45) is 2.26. The molecule has 1 amide bonds. The van der Waals surface area contributed by atoms with Crippen molar-refractivity contribution in [3.63, 3.8) is 0 Å². The summed E-state index contributed by atoms with van der Waals surface area (Å²) in [6.45, 7) is 6.31. The van der Waals surface area contributed by atoms with Crippen molar-refractivity contribution in [2.75, 3.05) is 18.1 Å². The van der Waals surface area contributed by atoms with E-state index in [1.807, 2.05) is 35.2 Å². The molecular formula is C29H31N3O2. The Morgan fingerprint density at radius 2 is 1.85 bits per heavy atom. The van der Waals surface area contributed by atoms with Crippen LogP contribution in [0.2, 0.25) is 0 Å². The van der Waals surface area contributed by atoms with Crippen molar-refractivity contribution in [3.8, 4) is 5.75 Å². The highest BCUT2D eigenvalue weighted by Gasteiger charge is 2.35. The molecule has 0 spiro atoms. The number of nitrogens with zero attached hydrogens (tertiary/aromatic N) is 3. The Kier molecular flexibility index (Phi) is 6.35. The topological polar surface area (TPSA) is 47.4 Å². The third-order valence-corrected chi connectivity index (χ3v) is 6.62. The van der Waals surface area contributed by atoms with Crippen LogP contribution in [-0.2, 0) is 17.8 Å². The Labute approximate surface area is 201 Å². The van der Waals surface area contributed by atoms with Gasteiger partial charge in [-0.2, -0.15) is 0 Å². The largest absolute Gasteiger partial charge is 0.494 e. The monoisotopic (exact) mass is 453 g/mol. The lowest BCUT2D eigenvalue weighted by Gasteiger charge is -2.20. The van der Waals surface area contributed by atoms with Crippen molar-refractivity contribution in [2.45, 2.75) is 45.6 Å². The van der Waals surface area contributed by atoms with E-state index in [2.05, 4.69) is 60.9 Å². The second-order valence-corrected chi connectivity index (χ2v) is 9.02. The van der Waals surface area contributed by atoms with E-state index < -0.39 is 0 Å². The number of carbonyl (C=O) groups excluding carboxylic acids is 1. The van der Waals surface area contributed by atoms with E-state index in [4.69, 9.17) is 9.72 Å². The predicted molar refractivity (Wildman–Crippen MR) is 137 cm³/mol. The van der Waals surface area contributed by atoms with Gasteiger partial charge in [-0.25, -0.2) is 4.98 Å². The molecule has 174 valence electrons. The number of anilines is 1. The third-order valence-electron chi connectivity index (χ3n) is 6.62. The van der Waals surface area contributed by atoms with E-state index in [0.29, 0.717) is 19.6 Å². The fourth-order valence-corrected chi connectivity index (χ4v) is 4.95. The fraction of sp³-hybridized carbons (Fsp3) is 0.310. The summed E-state index contributed by atoms with van der Waals surface area (Å²) in [7, 11) is 0. The summed E-state index contributed by atoms with van der Waals surface area (Å²) in [4.78, 5) is 20.0. The zero-order valence-corrected chi connectivity index (χ0v) is 19.9. The molecule has 3 aromatic carbocycles. The van der Waals surface area contributed by atoms with Crippen LogP contribution >= 0.6 is 0 Å². The van der Waals surface area contributed by atoms with Crippen LogP contribution < -0.4 is 9.64 Å². The minimum Gasteiger partial charge on any atom is -0.494 e. The summed E-state index contributed by atoms with van der Waals surface area (Å²) >= 11 is 0. The molecule has 0 radical (unpaired) electrons. The number of fused-ring (bicyclic) bond motifs is 1. The van der Waals surface area contributed by atoms with E-state index in [1.165, 1.54) is 11.1 Å². The Morgan fingerprint density at radius 3 is 2.71 bits per heavy atom. The molecule has 1 aliphatic heterocycles. The maximum atomic E-state index is 13.1. The molecule has 1 aromatic heterocycles. The first-order valence-electron chi connectivity index (χ1n) is 12.2. The van der Waals surface area contributed by atoms with Gasteiger partial charge in [-0.1, -0.05) is 49.4 Å². The van der Waals surface area contributed by atoms with Crippen LogP contribution in [0.15, 0.2) is 72.8 Å². The Hall–Kier alpha value is -3.60. The zero-order chi connectivity index (χ0) is 23.5. The number of aryl methyl sites for hydroxylation is 3. The van der Waals surface area contributed by atoms with E-state index in [1.54, 1.807) is 0 Å². The van der Waals surface area contributed by atoms with Gasteiger partial charge in [0, 0.05) is 31.1 Å². The van der Waals surface area contributed by atoms with Crippen molar-refractivity contribution in [2.24, 2.45) is 0 Å². The maximum Gasteiger partial charge on any atom is 0.227 e. The average molecular weight is 454 g/mol. The number of rotatable bonds is 8. The first kappa shape index (κ1) is 22.2. The molecule has 5 nitrogen and oxygen atoms in total. The molecule has 1 fully saturated rings. The molecule has 0 aliphatic carbocycles. The number of hydrogen-bond donors (Lipinski definition) is 0. The molecular weight excluding hydrogens is 422 g/mol. The van der Waals surface area contributed by atoms with Crippen LogP contribution in [0, 0.1) is 6.92 Å². The molecule has 1 saturated heterocycles. The molecule has 4 aromatic rings. The molecule has 34 heavy (non-hydrogen) atoms. The summed E-state index contributed by atoms with van der Waals surface area (Å²) in [5.41, 5.74) is 5.54. The van der Waals surface area contributed by atoms with E-state index in [0.717, 1.165) is 47.7 Å². The highest BCUT2D eigenvalue weighted by molar-refractivity contribution is 5.97. The van der Waals surface area contributed by atoms with Crippen LogP contribution in [0.3, 0.4) is 0 Å². The summed E-state index contributed by atoms with van der Waals surface area (Å²) in [6, 6.07) is 24.6. The van der Waals surface area contributed by atoms with Gasteiger partial charge in [0.2, 0.25) is 5.91 Å². The highest BCUT2D eigenvalue weighted by Crippen LogP contribution is 2.34. The number of imidazole rings is 1. The van der Waals surface area contributed by atoms with Crippen molar-refractivity contribution >= 4 is 22.6 Å². The molecule has 2 heterocycles. The third kappa shape index (κ3) is 4.43. The number of para-hydroxylation sites is 3. The average Bonchev–Trinajstić information content (AvgIpc) is 3.42. The lowest BCUT2D eigenvalue weighted by molar-refractivity contribution is -0.117. The standard InChI is InChI=1S/C29H31N3O2/c1-3-22-11-4-6-14-26(22)32-20-23(19-28(32)33)29-30-25-13-5-7-15-27(25)31(29)16-9-17-34-24-12-8-10-21(2)18-24/h4-8,10-15,18,23H,3,9,16-17,19-20H2,1-2H3. The quantitative estimate of drug-likeness (QED) is 0.312. The summed E-state index contributed by atoms with van der Waals surface area (Å²) in [5, 5.41) is 0. The second kappa shape index (κ2) is 9.72. The summed E-state index contributed by atoms with van der Waals surface area (Å²) < 4.78 is 8.28. The van der Waals surface area contributed by atoms with Gasteiger partial charge in [-0.05, 0) is 61.2 Å². The number of aromatic nitrogens is 2. The number of hydrogen-bond acceptors (Lipinski definition) is 3. The first-order chi connectivity index (χ1) is 16.6. The van der Waals surface area contributed by atoms with Crippen molar-refractivity contribution in [3.05, 3.63) is 89.7 Å². The number of amides is 1. The van der Waals surface area contributed by atoms with Gasteiger partial charge in [0.25, 0.3) is 0 Å². The van der Waals surface area contributed by atoms with Gasteiger partial charge in [-0.3, -0.25) is 4.79 Å². The second-order valence-electron chi connectivity index (χ2n) is 9.02. The van der Waals surface area contributed by atoms with Gasteiger partial charge >= 0.3 is 0 Å². The van der Waals surface area contributed by atoms with Gasteiger partial charge in [-0.15, -0.1) is 0 Å². The minimum atomic E-state index is 0.0718. The summed E-state index contributed by atoms with van der Waals surface area (Å²) in [5.74, 6) is 2.15. The van der Waals surface area contributed by atoms with Crippen LogP contribution in [0.5, 0.6) is 5.75 Å². The molecule has 1 aliphatic rings. The zero-order valence-electron chi connectivity index (χ0n) is 19.9. The van der Waals surface area contributed by atoms with Gasteiger partial charge in [0.1, 0.15) is 11.6 Å². The molecule has 0 saturated carbocycles. The normalized spacial score (nSPS) is 15.9. The lowest BCUT2D eigenvalue weighted by atomic mass is 10.1. The predicted octanol–water partition coefficient (Wildman–Crippen LogP) is 5.90. The molecule has 1 unspecified atom stereocenters. The Bertz CT molecular complexity index is 1310. The molecule has 0 N–H and O–H groups in total. The van der Waals surface area contributed by atoms with Crippen LogP contribution in [0.25, 0.3) is 11.0 Å². The highest BCUT2D eigenvalue weighted by atomic mass is 16.5. The van der Waals surface area contributed by atoms with Crippen LogP contribution in [0.4, 0.5) is 5.69 Å². The molecule has 5 rings (SSSR count). The Morgan fingerprint density at radius 1 is 1.03 bits per heavy atom. The first-order valence-corrected chi connectivity index (χ1v) is 12.2. The number of carbonyl (C=O) groups is 1. The van der Waals surface area contributed by atoms with Crippen LogP contribution in [-0.4, -0.2) is 28.6 Å². The molecule has 0 bridgehead atoms. The van der Waals surface area contributed by atoms with Crippen molar-refractivity contribution in [1.82, 2.24) is 9.55 Å². The number of benzene rings is 3. The molecule has 1 atom stereocenters. The number of ether oxygens (including phenoxy) is 1. The van der Waals surface area contributed by atoms with E-state index >= 15 is 0 Å². The van der Waals surface area contributed by atoms with E-state index in [-0.39, 0.29) is 11.8 Å². The van der Waals surface area contributed by atoms with Gasteiger partial charge in [0.05, 0.1) is 17.6 Å². The van der Waals surface area contributed by atoms with Gasteiger partial charge < -0.3 is 14.2 Å². The lowest BCUT2D eigenvalue weighted by Crippen LogP contribution is -2.25. The van der Waals surface area contributed by atoms with Crippen molar-refractivity contribution < 1.29 is 9.53 Å². The smallest absolute Gasteiger partial charge is 0.227 e. The fourth-order valence-electron chi connectivity index (χ4n) is 4.95. The maximum absolute atomic E-state index is 13.1. The van der Waals surface area contributed by atoms with Gasteiger partial charge in [0.15, 0.2) is 0 Å². The van der Waals surface area contributed by atoms with Crippen molar-refractivity contribution in [1.29, 1.82) is 0 Å². The Balaban J connectivity index is 1.36. The van der Waals surface area contributed by atoms with Crippen LogP contribution in [0.1, 0.15) is 42.6 Å². The molecule has 5 heteroatoms. The van der Waals surface area contributed by atoms with E-state index in [9.17, 15) is 4.79 Å². The SMILES string of the molecule is CCc1ccccc1N1CC(c2nc3ccccc3n2CCCOc2cccc(C)c2)CC1=O.